The number of hydroxylamine groups is 2. The van der Waals surface area contributed by atoms with E-state index in [1.165, 1.54) is 20.2 Å². The van der Waals surface area contributed by atoms with E-state index in [1.54, 1.807) is 0 Å². The van der Waals surface area contributed by atoms with Crippen molar-refractivity contribution in [2.24, 2.45) is 0 Å². The second-order valence-electron chi connectivity index (χ2n) is 3.19. The number of nitrogens with zero attached hydrogens (tertiary/aromatic N) is 3. The fourth-order valence-corrected chi connectivity index (χ4v) is 1.13. The Kier molecular flexibility index (Phi) is 3.88. The summed E-state index contributed by atoms with van der Waals surface area (Å²) >= 11 is 0. The van der Waals surface area contributed by atoms with Gasteiger partial charge in [0.15, 0.2) is 5.69 Å². The molecule has 18 heavy (non-hydrogen) atoms. The summed E-state index contributed by atoms with van der Waals surface area (Å²) in [6.45, 7) is 0. The van der Waals surface area contributed by atoms with E-state index in [9.17, 15) is 18.0 Å². The Morgan fingerprint density at radius 2 is 2.11 bits per heavy atom. The average molecular weight is 259 g/mol. The minimum Gasteiger partial charge on any atom is -0.274 e. The van der Waals surface area contributed by atoms with Crippen LogP contribution < -0.4 is 0 Å². The molecule has 1 aromatic heterocycles. The van der Waals surface area contributed by atoms with Crippen LogP contribution in [0.5, 0.6) is 0 Å². The SMILES string of the molecule is CON(C)C(=O)c1ccc(C#N)c(C(F)(F)F)n1. The molecule has 0 spiro atoms. The average Bonchev–Trinajstić information content (AvgIpc) is 2.35. The summed E-state index contributed by atoms with van der Waals surface area (Å²) in [6, 6.07) is 3.30. The third-order valence-electron chi connectivity index (χ3n) is 2.06. The first-order chi connectivity index (χ1) is 8.31. The summed E-state index contributed by atoms with van der Waals surface area (Å²) in [5.74, 6) is -0.840. The minimum absolute atomic E-state index is 0.453. The molecule has 0 atom stereocenters. The summed E-state index contributed by atoms with van der Waals surface area (Å²) in [4.78, 5) is 19.3. The van der Waals surface area contributed by atoms with Crippen molar-refractivity contribution in [3.8, 4) is 6.07 Å². The van der Waals surface area contributed by atoms with Gasteiger partial charge in [-0.05, 0) is 12.1 Å². The number of rotatable bonds is 2. The van der Waals surface area contributed by atoms with Crippen LogP contribution in [0.3, 0.4) is 0 Å². The van der Waals surface area contributed by atoms with Gasteiger partial charge in [-0.2, -0.15) is 18.4 Å². The van der Waals surface area contributed by atoms with Crippen molar-refractivity contribution in [1.29, 1.82) is 5.26 Å². The van der Waals surface area contributed by atoms with E-state index in [2.05, 4.69) is 9.82 Å². The highest BCUT2D eigenvalue weighted by Crippen LogP contribution is 2.30. The normalized spacial score (nSPS) is 10.9. The molecule has 0 bridgehead atoms. The molecule has 0 aliphatic heterocycles. The molecule has 0 saturated carbocycles. The quantitative estimate of drug-likeness (QED) is 0.757. The molecule has 0 radical (unpaired) electrons. The zero-order chi connectivity index (χ0) is 13.9. The fraction of sp³-hybridized carbons (Fsp3) is 0.300. The zero-order valence-electron chi connectivity index (χ0n) is 9.45. The van der Waals surface area contributed by atoms with E-state index in [4.69, 9.17) is 5.26 Å². The number of pyridine rings is 1. The second-order valence-corrected chi connectivity index (χ2v) is 3.19. The standard InChI is InChI=1S/C10H8F3N3O2/c1-16(18-2)9(17)7-4-3-6(5-14)8(15-7)10(11,12)13/h3-4H,1-2H3. The van der Waals surface area contributed by atoms with Crippen LogP contribution in [-0.4, -0.2) is 30.1 Å². The lowest BCUT2D eigenvalue weighted by molar-refractivity contribution is -0.141. The van der Waals surface area contributed by atoms with Crippen molar-refractivity contribution in [1.82, 2.24) is 10.0 Å². The molecular weight excluding hydrogens is 251 g/mol. The fourth-order valence-electron chi connectivity index (χ4n) is 1.13. The Morgan fingerprint density at radius 3 is 2.56 bits per heavy atom. The molecule has 96 valence electrons. The molecular formula is C10H8F3N3O2. The van der Waals surface area contributed by atoms with E-state index < -0.39 is 29.0 Å². The third kappa shape index (κ3) is 2.75. The van der Waals surface area contributed by atoms with Crippen molar-refractivity contribution < 1.29 is 22.8 Å². The van der Waals surface area contributed by atoms with Gasteiger partial charge in [-0.25, -0.2) is 10.0 Å². The predicted octanol–water partition coefficient (Wildman–Crippen LogP) is 1.61. The van der Waals surface area contributed by atoms with Crippen molar-refractivity contribution in [3.63, 3.8) is 0 Å². The lowest BCUT2D eigenvalue weighted by Crippen LogP contribution is -2.27. The first-order valence-corrected chi connectivity index (χ1v) is 4.61. The number of hydrogen-bond donors (Lipinski definition) is 0. The van der Waals surface area contributed by atoms with Crippen LogP contribution in [-0.2, 0) is 11.0 Å². The Bertz CT molecular complexity index is 508. The molecule has 1 heterocycles. The number of carbonyl (C=O) groups excluding carboxylic acids is 1. The smallest absolute Gasteiger partial charge is 0.274 e. The van der Waals surface area contributed by atoms with Crippen LogP contribution in [0.1, 0.15) is 21.7 Å². The number of nitriles is 1. The van der Waals surface area contributed by atoms with Gasteiger partial charge >= 0.3 is 6.18 Å². The van der Waals surface area contributed by atoms with E-state index in [0.29, 0.717) is 0 Å². The Hall–Kier alpha value is -2.14. The summed E-state index contributed by atoms with van der Waals surface area (Å²) in [5, 5.41) is 9.29. The van der Waals surface area contributed by atoms with Gasteiger partial charge in [0.1, 0.15) is 11.8 Å². The van der Waals surface area contributed by atoms with Gasteiger partial charge in [0.25, 0.3) is 5.91 Å². The van der Waals surface area contributed by atoms with Gasteiger partial charge in [0, 0.05) is 7.05 Å². The third-order valence-corrected chi connectivity index (χ3v) is 2.06. The highest BCUT2D eigenvalue weighted by atomic mass is 19.4. The Balaban J connectivity index is 3.29. The van der Waals surface area contributed by atoms with Crippen molar-refractivity contribution in [2.75, 3.05) is 14.2 Å². The molecule has 0 N–H and O–H groups in total. The van der Waals surface area contributed by atoms with Crippen LogP contribution in [0, 0.1) is 11.3 Å². The molecule has 5 nitrogen and oxygen atoms in total. The molecule has 0 fully saturated rings. The molecule has 0 aromatic carbocycles. The first-order valence-electron chi connectivity index (χ1n) is 4.61. The van der Waals surface area contributed by atoms with Crippen LogP contribution in [0.2, 0.25) is 0 Å². The summed E-state index contributed by atoms with van der Waals surface area (Å²) in [5.41, 5.74) is -2.48. The summed E-state index contributed by atoms with van der Waals surface area (Å²) in [6.07, 6.45) is -4.80. The zero-order valence-corrected chi connectivity index (χ0v) is 9.45. The highest BCUT2D eigenvalue weighted by molar-refractivity contribution is 5.91. The van der Waals surface area contributed by atoms with Crippen molar-refractivity contribution in [3.05, 3.63) is 29.1 Å². The Labute approximate surface area is 100 Å². The van der Waals surface area contributed by atoms with Crippen molar-refractivity contribution in [2.45, 2.75) is 6.18 Å². The van der Waals surface area contributed by atoms with Gasteiger partial charge in [-0.3, -0.25) is 9.63 Å². The lowest BCUT2D eigenvalue weighted by atomic mass is 10.2. The molecule has 0 aliphatic carbocycles. The first kappa shape index (κ1) is 13.9. The maximum atomic E-state index is 12.6. The predicted molar refractivity (Wildman–Crippen MR) is 53.1 cm³/mol. The molecule has 1 rings (SSSR count). The van der Waals surface area contributed by atoms with E-state index in [0.717, 1.165) is 17.2 Å². The molecule has 8 heteroatoms. The topological polar surface area (TPSA) is 66.2 Å². The second kappa shape index (κ2) is 5.01. The highest BCUT2D eigenvalue weighted by Gasteiger charge is 2.36. The van der Waals surface area contributed by atoms with Gasteiger partial charge in [-0.1, -0.05) is 0 Å². The van der Waals surface area contributed by atoms with Crippen LogP contribution >= 0.6 is 0 Å². The molecule has 1 amide bonds. The van der Waals surface area contributed by atoms with Crippen LogP contribution in [0.4, 0.5) is 13.2 Å². The number of carbonyl (C=O) groups is 1. The van der Waals surface area contributed by atoms with E-state index >= 15 is 0 Å². The number of halogens is 3. The summed E-state index contributed by atoms with van der Waals surface area (Å²) < 4.78 is 37.8. The largest absolute Gasteiger partial charge is 0.434 e. The van der Waals surface area contributed by atoms with Crippen LogP contribution in [0.25, 0.3) is 0 Å². The van der Waals surface area contributed by atoms with Gasteiger partial charge in [0.2, 0.25) is 0 Å². The maximum Gasteiger partial charge on any atom is 0.434 e. The van der Waals surface area contributed by atoms with Gasteiger partial charge < -0.3 is 0 Å². The summed E-state index contributed by atoms with van der Waals surface area (Å²) in [7, 11) is 2.42. The van der Waals surface area contributed by atoms with E-state index in [1.807, 2.05) is 0 Å². The number of hydrogen-bond acceptors (Lipinski definition) is 4. The monoisotopic (exact) mass is 259 g/mol. The maximum absolute atomic E-state index is 12.6. The van der Waals surface area contributed by atoms with Gasteiger partial charge in [-0.15, -0.1) is 0 Å². The molecule has 0 aliphatic rings. The number of alkyl halides is 3. The van der Waals surface area contributed by atoms with Gasteiger partial charge in [0.05, 0.1) is 12.7 Å². The molecule has 0 unspecified atom stereocenters. The lowest BCUT2D eigenvalue weighted by Gasteiger charge is -2.14. The van der Waals surface area contributed by atoms with E-state index in [-0.39, 0.29) is 0 Å². The molecule has 1 aromatic rings. The minimum atomic E-state index is -4.80. The van der Waals surface area contributed by atoms with Crippen LogP contribution in [0.15, 0.2) is 12.1 Å². The number of amides is 1. The number of aromatic nitrogens is 1. The Morgan fingerprint density at radius 1 is 1.50 bits per heavy atom. The molecule has 0 saturated heterocycles. The van der Waals surface area contributed by atoms with Crippen molar-refractivity contribution >= 4 is 5.91 Å².